The molecule has 3 rings (SSSR count). The molecule has 1 aromatic carbocycles. The van der Waals surface area contributed by atoms with Crippen molar-refractivity contribution in [2.45, 2.75) is 18.9 Å². The van der Waals surface area contributed by atoms with Crippen LogP contribution in [0.4, 0.5) is 0 Å². The number of nitrogens with zero attached hydrogens (tertiary/aromatic N) is 1. The van der Waals surface area contributed by atoms with Crippen molar-refractivity contribution < 1.29 is 5.11 Å². The smallest absolute Gasteiger partial charge is 0.134 e. The number of phenolic OH excluding ortho intramolecular Hbond substituents is 1. The molecule has 1 aliphatic heterocycles. The lowest BCUT2D eigenvalue weighted by molar-refractivity contribution is 0.153. The fraction of sp³-hybridized carbons (Fsp3) is 0.571. The Bertz CT molecular complexity index is 480. The van der Waals surface area contributed by atoms with E-state index >= 15 is 0 Å². The molecule has 0 amide bonds. The molecule has 1 saturated carbocycles. The molecule has 1 aromatic rings. The Balaban J connectivity index is 0.00000110. The van der Waals surface area contributed by atoms with Gasteiger partial charge in [-0.2, -0.15) is 0 Å². The number of rotatable bonds is 3. The summed E-state index contributed by atoms with van der Waals surface area (Å²) in [6.07, 6.45) is 2.55. The zero-order valence-corrected chi connectivity index (χ0v) is 16.3. The summed E-state index contributed by atoms with van der Waals surface area (Å²) in [7, 11) is 0. The van der Waals surface area contributed by atoms with Crippen molar-refractivity contribution in [2.24, 2.45) is 5.92 Å². The molecule has 0 spiro atoms. The minimum absolute atomic E-state index is 0. The monoisotopic (exact) mass is 460 g/mol. The molecule has 2 N–H and O–H groups in total. The van der Waals surface area contributed by atoms with Gasteiger partial charge in [0.05, 0.1) is 4.47 Å². The van der Waals surface area contributed by atoms with Gasteiger partial charge in [0.1, 0.15) is 5.75 Å². The van der Waals surface area contributed by atoms with Crippen molar-refractivity contribution in [3.63, 3.8) is 0 Å². The first-order valence-electron chi connectivity index (χ1n) is 6.79. The number of phenols is 1. The zero-order valence-electron chi connectivity index (χ0n) is 11.5. The van der Waals surface area contributed by atoms with E-state index in [2.05, 4.69) is 48.1 Å². The van der Waals surface area contributed by atoms with Crippen LogP contribution in [-0.2, 0) is 0 Å². The van der Waals surface area contributed by atoms with Crippen LogP contribution in [-0.4, -0.2) is 36.2 Å². The fourth-order valence-electron chi connectivity index (χ4n) is 2.93. The third kappa shape index (κ3) is 4.49. The van der Waals surface area contributed by atoms with Crippen molar-refractivity contribution in [3.05, 3.63) is 26.6 Å². The van der Waals surface area contributed by atoms with Gasteiger partial charge in [-0.25, -0.2) is 0 Å². The largest absolute Gasteiger partial charge is 0.506 e. The summed E-state index contributed by atoms with van der Waals surface area (Å²) >= 11 is 6.98. The first kappa shape index (κ1) is 19.5. The first-order chi connectivity index (χ1) is 9.16. The number of hydrogen-bond acceptors (Lipinski definition) is 3. The van der Waals surface area contributed by atoms with Crippen LogP contribution >= 0.6 is 56.7 Å². The molecule has 1 saturated heterocycles. The van der Waals surface area contributed by atoms with Crippen molar-refractivity contribution in [1.29, 1.82) is 0 Å². The van der Waals surface area contributed by atoms with Crippen LogP contribution in [0, 0.1) is 5.92 Å². The predicted molar refractivity (Wildman–Crippen MR) is 97.9 cm³/mol. The molecule has 0 bridgehead atoms. The van der Waals surface area contributed by atoms with Crippen LogP contribution in [0.1, 0.15) is 24.4 Å². The lowest BCUT2D eigenvalue weighted by atomic mass is 9.99. The van der Waals surface area contributed by atoms with Crippen molar-refractivity contribution in [2.75, 3.05) is 26.2 Å². The molecule has 3 nitrogen and oxygen atoms in total. The number of halogens is 4. The quantitative estimate of drug-likeness (QED) is 0.709. The van der Waals surface area contributed by atoms with Gasteiger partial charge < -0.3 is 10.4 Å². The number of aromatic hydroxyl groups is 1. The molecule has 2 aliphatic rings. The summed E-state index contributed by atoms with van der Waals surface area (Å²) in [6, 6.07) is 4.34. The fourth-order valence-corrected chi connectivity index (χ4v) is 4.19. The number of nitrogens with one attached hydrogen (secondary N) is 1. The predicted octanol–water partition coefficient (Wildman–Crippen LogP) is 4.12. The Morgan fingerprint density at radius 1 is 1.14 bits per heavy atom. The summed E-state index contributed by atoms with van der Waals surface area (Å²) < 4.78 is 1.80. The van der Waals surface area contributed by atoms with E-state index in [0.717, 1.165) is 40.7 Å². The van der Waals surface area contributed by atoms with E-state index in [9.17, 15) is 5.11 Å². The van der Waals surface area contributed by atoms with Gasteiger partial charge >= 0.3 is 0 Å². The molecule has 1 atom stereocenters. The van der Waals surface area contributed by atoms with Gasteiger partial charge in [0.25, 0.3) is 0 Å². The highest BCUT2D eigenvalue weighted by Gasteiger charge is 2.38. The molecule has 0 aromatic heterocycles. The highest BCUT2D eigenvalue weighted by Crippen LogP contribution is 2.48. The highest BCUT2D eigenvalue weighted by atomic mass is 79.9. The van der Waals surface area contributed by atoms with Crippen molar-refractivity contribution >= 4 is 56.7 Å². The van der Waals surface area contributed by atoms with Crippen LogP contribution in [0.25, 0.3) is 0 Å². The molecule has 120 valence electrons. The normalized spacial score (nSPS) is 20.3. The van der Waals surface area contributed by atoms with Gasteiger partial charge in [0.15, 0.2) is 0 Å². The van der Waals surface area contributed by atoms with Crippen LogP contribution in [0.15, 0.2) is 21.1 Å². The van der Waals surface area contributed by atoms with E-state index in [4.69, 9.17) is 0 Å². The van der Waals surface area contributed by atoms with E-state index in [-0.39, 0.29) is 24.8 Å². The van der Waals surface area contributed by atoms with Crippen molar-refractivity contribution in [3.8, 4) is 5.75 Å². The topological polar surface area (TPSA) is 35.5 Å². The Morgan fingerprint density at radius 3 is 2.33 bits per heavy atom. The summed E-state index contributed by atoms with van der Waals surface area (Å²) in [5.74, 6) is 1.10. The van der Waals surface area contributed by atoms with E-state index in [1.54, 1.807) is 0 Å². The minimum atomic E-state index is 0. The van der Waals surface area contributed by atoms with E-state index in [0.29, 0.717) is 17.7 Å². The lowest BCUT2D eigenvalue weighted by Crippen LogP contribution is -2.45. The Kier molecular flexibility index (Phi) is 7.78. The van der Waals surface area contributed by atoms with Gasteiger partial charge in [-0.05, 0) is 46.8 Å². The Labute approximate surface area is 154 Å². The summed E-state index contributed by atoms with van der Waals surface area (Å²) in [5.41, 5.74) is 1.06. The van der Waals surface area contributed by atoms with Gasteiger partial charge in [-0.15, -0.1) is 24.8 Å². The number of piperazine rings is 1. The highest BCUT2D eigenvalue weighted by molar-refractivity contribution is 9.11. The second-order valence-corrected chi connectivity index (χ2v) is 7.16. The Morgan fingerprint density at radius 2 is 1.76 bits per heavy atom. The number of hydrogen-bond donors (Lipinski definition) is 2. The second-order valence-electron chi connectivity index (χ2n) is 5.39. The standard InChI is InChI=1S/C14H18Br2N2O.2ClH/c15-10-7-11(14(19)12(16)8-10)13(9-1-2-9)18-5-3-17-4-6-18;;/h7-9,13,17,19H,1-6H2;2*1H/t13-;;/m0../s1. The molecular formula is C14H20Br2Cl2N2O. The summed E-state index contributed by atoms with van der Waals surface area (Å²) in [4.78, 5) is 2.52. The van der Waals surface area contributed by atoms with Gasteiger partial charge in [0.2, 0.25) is 0 Å². The maximum absolute atomic E-state index is 10.4. The Hall–Kier alpha value is 0.480. The molecule has 1 heterocycles. The molecule has 2 fully saturated rings. The van der Waals surface area contributed by atoms with E-state index in [1.807, 2.05) is 6.07 Å². The molecule has 1 aliphatic carbocycles. The van der Waals surface area contributed by atoms with Crippen LogP contribution < -0.4 is 5.32 Å². The van der Waals surface area contributed by atoms with Crippen LogP contribution in [0.3, 0.4) is 0 Å². The van der Waals surface area contributed by atoms with Crippen molar-refractivity contribution in [1.82, 2.24) is 10.2 Å². The average Bonchev–Trinajstić information content (AvgIpc) is 3.21. The minimum Gasteiger partial charge on any atom is -0.506 e. The molecule has 0 radical (unpaired) electrons. The van der Waals surface area contributed by atoms with Crippen LogP contribution in [0.5, 0.6) is 5.75 Å². The van der Waals surface area contributed by atoms with Gasteiger partial charge in [0, 0.05) is 42.3 Å². The lowest BCUT2D eigenvalue weighted by Gasteiger charge is -2.36. The van der Waals surface area contributed by atoms with E-state index < -0.39 is 0 Å². The summed E-state index contributed by atoms with van der Waals surface area (Å²) in [6.45, 7) is 4.20. The second kappa shape index (κ2) is 8.37. The van der Waals surface area contributed by atoms with E-state index in [1.165, 1.54) is 12.8 Å². The SMILES string of the molecule is Cl.Cl.Oc1c(Br)cc(Br)cc1[C@H](C1CC1)N1CCNCC1. The maximum atomic E-state index is 10.4. The molecule has 21 heavy (non-hydrogen) atoms. The third-order valence-corrected chi connectivity index (χ3v) is 5.05. The third-order valence-electron chi connectivity index (χ3n) is 3.99. The zero-order chi connectivity index (χ0) is 13.4. The number of benzene rings is 1. The maximum Gasteiger partial charge on any atom is 0.134 e. The average molecular weight is 463 g/mol. The molecule has 7 heteroatoms. The van der Waals surface area contributed by atoms with Crippen LogP contribution in [0.2, 0.25) is 0 Å². The first-order valence-corrected chi connectivity index (χ1v) is 8.38. The molecule has 0 unspecified atom stereocenters. The van der Waals surface area contributed by atoms with Gasteiger partial charge in [-0.3, -0.25) is 4.90 Å². The summed E-state index contributed by atoms with van der Waals surface area (Å²) in [5, 5.41) is 13.8. The van der Waals surface area contributed by atoms with Gasteiger partial charge in [-0.1, -0.05) is 15.9 Å². The molecular weight excluding hydrogens is 443 g/mol.